The van der Waals surface area contributed by atoms with Crippen LogP contribution in [0.2, 0.25) is 0 Å². The maximum atomic E-state index is 8.77. The van der Waals surface area contributed by atoms with Gasteiger partial charge in [0.15, 0.2) is 0 Å². The summed E-state index contributed by atoms with van der Waals surface area (Å²) in [7, 11) is 0. The molecule has 2 rings (SSSR count). The molecule has 0 fully saturated rings. The topological polar surface area (TPSA) is 59.0 Å². The molecule has 20 heavy (non-hydrogen) atoms. The molecule has 0 unspecified atom stereocenters. The van der Waals surface area contributed by atoms with Crippen molar-refractivity contribution in [3.8, 4) is 11.8 Å². The molecule has 0 aliphatic rings. The fourth-order valence-electron chi connectivity index (χ4n) is 2.22. The molecule has 102 valence electrons. The number of benzene rings is 2. The van der Waals surface area contributed by atoms with Crippen LogP contribution in [-0.4, -0.2) is 0 Å². The highest BCUT2D eigenvalue weighted by Gasteiger charge is 2.06. The largest absolute Gasteiger partial charge is 0.488 e. The minimum absolute atomic E-state index is 0.495. The van der Waals surface area contributed by atoms with Crippen molar-refractivity contribution in [1.82, 2.24) is 0 Å². The van der Waals surface area contributed by atoms with Crippen molar-refractivity contribution in [3.05, 3.63) is 64.2 Å². The maximum absolute atomic E-state index is 8.77. The van der Waals surface area contributed by atoms with Crippen LogP contribution in [0.4, 0.5) is 0 Å². The van der Waals surface area contributed by atoms with Crippen LogP contribution >= 0.6 is 0 Å². The summed E-state index contributed by atoms with van der Waals surface area (Å²) in [5, 5.41) is 8.77. The molecule has 0 radical (unpaired) electrons. The number of ether oxygens (including phenoxy) is 1. The van der Waals surface area contributed by atoms with E-state index in [9.17, 15) is 0 Å². The lowest BCUT2D eigenvalue weighted by Gasteiger charge is -2.13. The SMILES string of the molecule is Cc1cc(CN)cc(C)c1OCc1ccc(C#N)cc1. The second-order valence-corrected chi connectivity index (χ2v) is 4.86. The molecule has 0 aliphatic carbocycles. The van der Waals surface area contributed by atoms with Gasteiger partial charge in [-0.05, 0) is 48.2 Å². The molecule has 0 bridgehead atoms. The quantitative estimate of drug-likeness (QED) is 0.924. The summed E-state index contributed by atoms with van der Waals surface area (Å²) in [6.45, 7) is 5.09. The number of aryl methyl sites for hydroxylation is 2. The first-order chi connectivity index (χ1) is 9.63. The van der Waals surface area contributed by atoms with E-state index in [4.69, 9.17) is 15.7 Å². The van der Waals surface area contributed by atoms with Crippen LogP contribution in [0.3, 0.4) is 0 Å². The molecular formula is C17H18N2O. The van der Waals surface area contributed by atoms with Gasteiger partial charge in [-0.1, -0.05) is 24.3 Å². The van der Waals surface area contributed by atoms with Gasteiger partial charge in [-0.25, -0.2) is 0 Å². The molecule has 0 heterocycles. The number of rotatable bonds is 4. The van der Waals surface area contributed by atoms with E-state index in [2.05, 4.69) is 18.2 Å². The van der Waals surface area contributed by atoms with Crippen molar-refractivity contribution < 1.29 is 4.74 Å². The average Bonchev–Trinajstić information content (AvgIpc) is 2.46. The molecule has 2 aromatic carbocycles. The summed E-state index contributed by atoms with van der Waals surface area (Å²) >= 11 is 0. The molecule has 0 atom stereocenters. The van der Waals surface area contributed by atoms with E-state index in [0.717, 1.165) is 28.0 Å². The van der Waals surface area contributed by atoms with Gasteiger partial charge in [-0.2, -0.15) is 5.26 Å². The molecule has 0 saturated heterocycles. The van der Waals surface area contributed by atoms with E-state index >= 15 is 0 Å². The van der Waals surface area contributed by atoms with Gasteiger partial charge in [-0.3, -0.25) is 0 Å². The lowest BCUT2D eigenvalue weighted by atomic mass is 10.1. The summed E-state index contributed by atoms with van der Waals surface area (Å²) in [6.07, 6.45) is 0. The van der Waals surface area contributed by atoms with E-state index in [1.807, 2.05) is 26.0 Å². The first-order valence-electron chi connectivity index (χ1n) is 6.56. The molecule has 0 aliphatic heterocycles. The van der Waals surface area contributed by atoms with Crippen molar-refractivity contribution in [2.24, 2.45) is 5.73 Å². The lowest BCUT2D eigenvalue weighted by Crippen LogP contribution is -2.02. The Kier molecular flexibility index (Phi) is 4.39. The first kappa shape index (κ1) is 14.1. The van der Waals surface area contributed by atoms with E-state index in [-0.39, 0.29) is 0 Å². The average molecular weight is 266 g/mol. The Balaban J connectivity index is 2.12. The third-order valence-electron chi connectivity index (χ3n) is 3.22. The lowest BCUT2D eigenvalue weighted by molar-refractivity contribution is 0.302. The Morgan fingerprint density at radius 1 is 1.05 bits per heavy atom. The van der Waals surface area contributed by atoms with Crippen LogP contribution in [0.25, 0.3) is 0 Å². The molecule has 0 saturated carbocycles. The number of nitriles is 1. The zero-order valence-electron chi connectivity index (χ0n) is 11.8. The second kappa shape index (κ2) is 6.23. The third kappa shape index (κ3) is 3.17. The number of hydrogen-bond acceptors (Lipinski definition) is 3. The van der Waals surface area contributed by atoms with Gasteiger partial charge in [0.1, 0.15) is 12.4 Å². The predicted octanol–water partition coefficient (Wildman–Crippen LogP) is 3.21. The minimum Gasteiger partial charge on any atom is -0.488 e. The van der Waals surface area contributed by atoms with Crippen LogP contribution in [0.5, 0.6) is 5.75 Å². The van der Waals surface area contributed by atoms with Crippen LogP contribution < -0.4 is 10.5 Å². The summed E-state index contributed by atoms with van der Waals surface area (Å²) in [6, 6.07) is 13.7. The number of nitrogens with two attached hydrogens (primary N) is 1. The summed E-state index contributed by atoms with van der Waals surface area (Å²) in [4.78, 5) is 0. The Bertz CT molecular complexity index is 616. The van der Waals surface area contributed by atoms with Gasteiger partial charge in [-0.15, -0.1) is 0 Å². The molecule has 3 nitrogen and oxygen atoms in total. The highest BCUT2D eigenvalue weighted by molar-refractivity contribution is 5.43. The van der Waals surface area contributed by atoms with Crippen LogP contribution in [0, 0.1) is 25.2 Å². The third-order valence-corrected chi connectivity index (χ3v) is 3.22. The fraction of sp³-hybridized carbons (Fsp3) is 0.235. The Morgan fingerprint density at radius 2 is 1.65 bits per heavy atom. The monoisotopic (exact) mass is 266 g/mol. The second-order valence-electron chi connectivity index (χ2n) is 4.86. The van der Waals surface area contributed by atoms with Crippen molar-refractivity contribution >= 4 is 0 Å². The molecule has 2 N–H and O–H groups in total. The molecular weight excluding hydrogens is 248 g/mol. The van der Waals surface area contributed by atoms with Crippen molar-refractivity contribution in [2.75, 3.05) is 0 Å². The molecule has 2 aromatic rings. The molecule has 0 spiro atoms. The predicted molar refractivity (Wildman–Crippen MR) is 79.3 cm³/mol. The zero-order chi connectivity index (χ0) is 14.5. The Morgan fingerprint density at radius 3 is 2.15 bits per heavy atom. The normalized spacial score (nSPS) is 10.1. The van der Waals surface area contributed by atoms with Gasteiger partial charge >= 0.3 is 0 Å². The Labute approximate surface area is 119 Å². The minimum atomic E-state index is 0.495. The maximum Gasteiger partial charge on any atom is 0.125 e. The van der Waals surface area contributed by atoms with Crippen LogP contribution in [0.1, 0.15) is 27.8 Å². The van der Waals surface area contributed by atoms with E-state index in [0.29, 0.717) is 18.7 Å². The van der Waals surface area contributed by atoms with Crippen molar-refractivity contribution in [1.29, 1.82) is 5.26 Å². The van der Waals surface area contributed by atoms with Crippen molar-refractivity contribution in [2.45, 2.75) is 27.0 Å². The van der Waals surface area contributed by atoms with Gasteiger partial charge in [0, 0.05) is 6.54 Å². The summed E-state index contributed by atoms with van der Waals surface area (Å²) in [5.41, 5.74) is 10.7. The van der Waals surface area contributed by atoms with Gasteiger partial charge in [0.2, 0.25) is 0 Å². The molecule has 0 amide bonds. The first-order valence-corrected chi connectivity index (χ1v) is 6.56. The number of hydrogen-bond donors (Lipinski definition) is 1. The standard InChI is InChI=1S/C17H18N2O/c1-12-7-16(10-19)8-13(2)17(12)20-11-15-5-3-14(9-18)4-6-15/h3-8H,10-11,19H2,1-2H3. The Hall–Kier alpha value is -2.31. The van der Waals surface area contributed by atoms with E-state index in [1.165, 1.54) is 0 Å². The highest BCUT2D eigenvalue weighted by Crippen LogP contribution is 2.25. The zero-order valence-corrected chi connectivity index (χ0v) is 11.8. The summed E-state index contributed by atoms with van der Waals surface area (Å²) in [5.74, 6) is 0.909. The van der Waals surface area contributed by atoms with Gasteiger partial charge in [0.25, 0.3) is 0 Å². The highest BCUT2D eigenvalue weighted by atomic mass is 16.5. The van der Waals surface area contributed by atoms with E-state index < -0.39 is 0 Å². The number of nitrogens with zero attached hydrogens (tertiary/aromatic N) is 1. The molecule has 0 aromatic heterocycles. The van der Waals surface area contributed by atoms with Gasteiger partial charge in [0.05, 0.1) is 11.6 Å². The van der Waals surface area contributed by atoms with Crippen LogP contribution in [-0.2, 0) is 13.2 Å². The smallest absolute Gasteiger partial charge is 0.125 e. The summed E-state index contributed by atoms with van der Waals surface area (Å²) < 4.78 is 5.90. The van der Waals surface area contributed by atoms with Gasteiger partial charge < -0.3 is 10.5 Å². The fourth-order valence-corrected chi connectivity index (χ4v) is 2.22. The van der Waals surface area contributed by atoms with Crippen LogP contribution in [0.15, 0.2) is 36.4 Å². The van der Waals surface area contributed by atoms with E-state index in [1.54, 1.807) is 12.1 Å². The van der Waals surface area contributed by atoms with Crippen molar-refractivity contribution in [3.63, 3.8) is 0 Å². The molecule has 3 heteroatoms.